The minimum absolute atomic E-state index is 0.546. The van der Waals surface area contributed by atoms with E-state index in [-0.39, 0.29) is 0 Å². The molecule has 0 aromatic carbocycles. The average molecular weight is 344 g/mol. The summed E-state index contributed by atoms with van der Waals surface area (Å²) in [5.74, 6) is 0.546. The Kier molecular flexibility index (Phi) is 8.04. The number of nitrogens with two attached hydrogens (primary N) is 2. The Hall–Kier alpha value is -2.28. The lowest BCUT2D eigenvalue weighted by atomic mass is 10.2. The zero-order chi connectivity index (χ0) is 17.9. The molecule has 0 atom stereocenters. The SMILES string of the molecule is CCCCCC[n+]1cccc(/N=N/c2cnn(CCCCN)c2N)c1. The van der Waals surface area contributed by atoms with Crippen LogP contribution in [0.1, 0.15) is 45.4 Å². The standard InChI is InChI=1S/C18H30N7/c1-2-3-4-6-11-24-12-8-9-16(15-24)22-23-17-14-21-25(18(17)20)13-7-5-10-19/h8-9,12,14-15H,2-7,10-11,13,19-20H2,1H3/q+1/b23-22+. The maximum atomic E-state index is 6.08. The van der Waals surface area contributed by atoms with Crippen molar-refractivity contribution in [3.05, 3.63) is 30.7 Å². The Morgan fingerprint density at radius 3 is 2.84 bits per heavy atom. The Morgan fingerprint density at radius 2 is 2.04 bits per heavy atom. The average Bonchev–Trinajstić information content (AvgIpc) is 2.98. The monoisotopic (exact) mass is 344 g/mol. The Morgan fingerprint density at radius 1 is 1.16 bits per heavy atom. The van der Waals surface area contributed by atoms with Gasteiger partial charge in [-0.2, -0.15) is 5.10 Å². The maximum absolute atomic E-state index is 6.08. The second-order valence-corrected chi connectivity index (χ2v) is 6.19. The fraction of sp³-hybridized carbons (Fsp3) is 0.556. The van der Waals surface area contributed by atoms with Crippen molar-refractivity contribution in [1.29, 1.82) is 0 Å². The van der Waals surface area contributed by atoms with Gasteiger partial charge in [0.2, 0.25) is 0 Å². The van der Waals surface area contributed by atoms with E-state index < -0.39 is 0 Å². The van der Waals surface area contributed by atoms with Gasteiger partial charge in [0.15, 0.2) is 12.4 Å². The summed E-state index contributed by atoms with van der Waals surface area (Å²) in [5.41, 5.74) is 13.0. The third-order valence-electron chi connectivity index (χ3n) is 4.07. The number of rotatable bonds is 11. The summed E-state index contributed by atoms with van der Waals surface area (Å²) in [4.78, 5) is 0. The van der Waals surface area contributed by atoms with E-state index in [1.165, 1.54) is 25.7 Å². The zero-order valence-corrected chi connectivity index (χ0v) is 15.1. The molecule has 7 heteroatoms. The molecule has 0 unspecified atom stereocenters. The van der Waals surface area contributed by atoms with Crippen molar-refractivity contribution >= 4 is 17.2 Å². The Bertz CT molecular complexity index is 663. The normalized spacial score (nSPS) is 11.4. The van der Waals surface area contributed by atoms with Crippen molar-refractivity contribution in [2.45, 2.75) is 58.5 Å². The molecule has 0 spiro atoms. The van der Waals surface area contributed by atoms with Crippen molar-refractivity contribution in [3.8, 4) is 0 Å². The van der Waals surface area contributed by atoms with Crippen LogP contribution >= 0.6 is 0 Å². The quantitative estimate of drug-likeness (QED) is 0.371. The van der Waals surface area contributed by atoms with Gasteiger partial charge in [0.05, 0.1) is 6.20 Å². The molecule has 0 aliphatic heterocycles. The molecule has 0 aliphatic carbocycles. The van der Waals surface area contributed by atoms with Crippen LogP contribution in [0, 0.1) is 0 Å². The highest BCUT2D eigenvalue weighted by atomic mass is 15.3. The fourth-order valence-corrected chi connectivity index (χ4v) is 2.59. The molecule has 4 N–H and O–H groups in total. The second kappa shape index (κ2) is 10.6. The van der Waals surface area contributed by atoms with E-state index in [2.05, 4.69) is 33.0 Å². The molecule has 0 amide bonds. The van der Waals surface area contributed by atoms with E-state index in [4.69, 9.17) is 11.5 Å². The fourth-order valence-electron chi connectivity index (χ4n) is 2.59. The van der Waals surface area contributed by atoms with Gasteiger partial charge < -0.3 is 11.5 Å². The van der Waals surface area contributed by atoms with E-state index in [9.17, 15) is 0 Å². The van der Waals surface area contributed by atoms with Crippen LogP contribution in [0.5, 0.6) is 0 Å². The number of anilines is 1. The first kappa shape index (κ1) is 19.1. The van der Waals surface area contributed by atoms with Crippen LogP contribution < -0.4 is 16.0 Å². The number of pyridine rings is 1. The molecule has 7 nitrogen and oxygen atoms in total. The molecule has 136 valence electrons. The molecule has 0 bridgehead atoms. The van der Waals surface area contributed by atoms with Crippen LogP contribution in [0.2, 0.25) is 0 Å². The molecule has 2 heterocycles. The molecule has 25 heavy (non-hydrogen) atoms. The first-order valence-corrected chi connectivity index (χ1v) is 9.16. The summed E-state index contributed by atoms with van der Waals surface area (Å²) < 4.78 is 3.91. The van der Waals surface area contributed by atoms with Crippen molar-refractivity contribution in [2.24, 2.45) is 16.0 Å². The smallest absolute Gasteiger partial charge is 0.196 e. The summed E-state index contributed by atoms with van der Waals surface area (Å²) in [6, 6.07) is 3.93. The summed E-state index contributed by atoms with van der Waals surface area (Å²) in [7, 11) is 0. The summed E-state index contributed by atoms with van der Waals surface area (Å²) in [6.07, 6.45) is 12.6. The largest absolute Gasteiger partial charge is 0.382 e. The molecule has 0 radical (unpaired) electrons. The Balaban J connectivity index is 1.95. The highest BCUT2D eigenvalue weighted by Crippen LogP contribution is 2.23. The maximum Gasteiger partial charge on any atom is 0.196 e. The van der Waals surface area contributed by atoms with Gasteiger partial charge in [-0.1, -0.05) is 19.8 Å². The summed E-state index contributed by atoms with van der Waals surface area (Å²) in [6.45, 7) is 4.66. The van der Waals surface area contributed by atoms with Crippen molar-refractivity contribution in [2.75, 3.05) is 12.3 Å². The van der Waals surface area contributed by atoms with Crippen molar-refractivity contribution in [1.82, 2.24) is 9.78 Å². The number of nitrogen functional groups attached to an aromatic ring is 1. The highest BCUT2D eigenvalue weighted by molar-refractivity contribution is 5.56. The Labute approximate surface area is 149 Å². The van der Waals surface area contributed by atoms with Gasteiger partial charge >= 0.3 is 0 Å². The summed E-state index contributed by atoms with van der Waals surface area (Å²) in [5, 5.41) is 12.8. The van der Waals surface area contributed by atoms with Crippen LogP contribution in [-0.2, 0) is 13.1 Å². The lowest BCUT2D eigenvalue weighted by Crippen LogP contribution is -2.32. The van der Waals surface area contributed by atoms with Gasteiger partial charge in [-0.05, 0) is 31.9 Å². The number of aryl methyl sites for hydroxylation is 2. The van der Waals surface area contributed by atoms with Gasteiger partial charge in [0.1, 0.15) is 23.7 Å². The first-order chi connectivity index (χ1) is 12.2. The molecular formula is C18H30N7+. The second-order valence-electron chi connectivity index (χ2n) is 6.19. The molecule has 2 aromatic rings. The van der Waals surface area contributed by atoms with E-state index >= 15 is 0 Å². The molecule has 0 fully saturated rings. The summed E-state index contributed by atoms with van der Waals surface area (Å²) >= 11 is 0. The van der Waals surface area contributed by atoms with E-state index in [0.29, 0.717) is 18.1 Å². The van der Waals surface area contributed by atoms with Gasteiger partial charge in [0, 0.05) is 19.0 Å². The van der Waals surface area contributed by atoms with Crippen LogP contribution in [0.15, 0.2) is 41.0 Å². The molecular weight excluding hydrogens is 314 g/mol. The van der Waals surface area contributed by atoms with E-state index in [0.717, 1.165) is 31.6 Å². The lowest BCUT2D eigenvalue weighted by molar-refractivity contribution is -0.696. The van der Waals surface area contributed by atoms with Gasteiger partial charge in [-0.15, -0.1) is 10.2 Å². The van der Waals surface area contributed by atoms with E-state index in [1.807, 2.05) is 18.3 Å². The number of nitrogens with zero attached hydrogens (tertiary/aromatic N) is 5. The predicted molar refractivity (Wildman–Crippen MR) is 99.9 cm³/mol. The minimum atomic E-state index is 0.546. The minimum Gasteiger partial charge on any atom is -0.382 e. The van der Waals surface area contributed by atoms with E-state index in [1.54, 1.807) is 10.9 Å². The van der Waals surface area contributed by atoms with Crippen LogP contribution in [-0.4, -0.2) is 16.3 Å². The molecule has 0 saturated heterocycles. The van der Waals surface area contributed by atoms with Gasteiger partial charge in [-0.3, -0.25) is 0 Å². The molecule has 2 rings (SSSR count). The van der Waals surface area contributed by atoms with Crippen LogP contribution in [0.4, 0.5) is 17.2 Å². The van der Waals surface area contributed by atoms with Crippen LogP contribution in [0.3, 0.4) is 0 Å². The van der Waals surface area contributed by atoms with Gasteiger partial charge in [-0.25, -0.2) is 9.25 Å². The zero-order valence-electron chi connectivity index (χ0n) is 15.1. The van der Waals surface area contributed by atoms with Gasteiger partial charge in [0.25, 0.3) is 0 Å². The number of aromatic nitrogens is 3. The molecule has 0 aliphatic rings. The molecule has 0 saturated carbocycles. The third-order valence-corrected chi connectivity index (χ3v) is 4.07. The number of hydrogen-bond donors (Lipinski definition) is 2. The number of unbranched alkanes of at least 4 members (excludes halogenated alkanes) is 4. The number of hydrogen-bond acceptors (Lipinski definition) is 5. The first-order valence-electron chi connectivity index (χ1n) is 9.16. The van der Waals surface area contributed by atoms with Crippen molar-refractivity contribution < 1.29 is 4.57 Å². The van der Waals surface area contributed by atoms with Crippen LogP contribution in [0.25, 0.3) is 0 Å². The highest BCUT2D eigenvalue weighted by Gasteiger charge is 2.07. The predicted octanol–water partition coefficient (Wildman–Crippen LogP) is 3.49. The topological polar surface area (TPSA) is 98.5 Å². The molecule has 2 aromatic heterocycles. The number of azo groups is 1. The third kappa shape index (κ3) is 6.26. The lowest BCUT2D eigenvalue weighted by Gasteiger charge is -2.02. The van der Waals surface area contributed by atoms with Crippen molar-refractivity contribution in [3.63, 3.8) is 0 Å².